The Morgan fingerprint density at radius 3 is 1.03 bits per heavy atom. The Labute approximate surface area is 220 Å². The SMILES string of the molecule is CCC1(c2ccccc2)C(=O)NC(=O)NC1=O.CCC1(c2ccccc2)C(=O)NC(=O)NC1=O.[HH].[HH].[Mg]. The number of urea groups is 2. The quantitative estimate of drug-likeness (QED) is 0.375. The molecule has 0 atom stereocenters. The van der Waals surface area contributed by atoms with E-state index >= 15 is 0 Å². The van der Waals surface area contributed by atoms with Gasteiger partial charge in [0, 0.05) is 25.9 Å². The number of rotatable bonds is 4. The lowest BCUT2D eigenvalue weighted by atomic mass is 9.75. The van der Waals surface area contributed by atoms with Gasteiger partial charge in [0.15, 0.2) is 10.8 Å². The summed E-state index contributed by atoms with van der Waals surface area (Å²) < 4.78 is 0. The van der Waals surface area contributed by atoms with E-state index in [2.05, 4.69) is 21.3 Å². The monoisotopic (exact) mass is 492 g/mol. The molecule has 35 heavy (non-hydrogen) atoms. The number of nitrogens with one attached hydrogen (secondary N) is 4. The largest absolute Gasteiger partial charge is 0.328 e. The molecule has 11 heteroatoms. The number of carbonyl (C=O) groups is 6. The predicted molar refractivity (Wildman–Crippen MR) is 130 cm³/mol. The van der Waals surface area contributed by atoms with Crippen LogP contribution in [0.2, 0.25) is 0 Å². The lowest BCUT2D eigenvalue weighted by Gasteiger charge is -2.33. The van der Waals surface area contributed by atoms with Crippen molar-refractivity contribution in [2.75, 3.05) is 0 Å². The van der Waals surface area contributed by atoms with E-state index < -0.39 is 46.5 Å². The van der Waals surface area contributed by atoms with Crippen LogP contribution in [0.15, 0.2) is 60.7 Å². The van der Waals surface area contributed by atoms with Crippen molar-refractivity contribution < 1.29 is 31.6 Å². The zero-order chi connectivity index (χ0) is 24.9. The molecule has 2 fully saturated rings. The molecule has 0 bridgehead atoms. The number of hydrogen-bond donors (Lipinski definition) is 4. The van der Waals surface area contributed by atoms with Crippen molar-refractivity contribution in [1.29, 1.82) is 0 Å². The van der Waals surface area contributed by atoms with Gasteiger partial charge in [-0.05, 0) is 24.0 Å². The van der Waals surface area contributed by atoms with Crippen molar-refractivity contribution in [1.82, 2.24) is 21.3 Å². The third-order valence-electron chi connectivity index (χ3n) is 6.05. The number of barbiturate groups is 2. The van der Waals surface area contributed by atoms with Gasteiger partial charge in [-0.25, -0.2) is 9.59 Å². The molecule has 4 rings (SSSR count). The average molecular weight is 493 g/mol. The van der Waals surface area contributed by atoms with Crippen LogP contribution in [0, 0.1) is 0 Å². The van der Waals surface area contributed by atoms with E-state index in [-0.39, 0.29) is 25.9 Å². The lowest BCUT2D eigenvalue weighted by molar-refractivity contribution is -0.140. The van der Waals surface area contributed by atoms with Crippen molar-refractivity contribution >= 4 is 58.7 Å². The summed E-state index contributed by atoms with van der Waals surface area (Å²) in [6, 6.07) is 15.9. The van der Waals surface area contributed by atoms with Crippen LogP contribution in [-0.4, -0.2) is 58.7 Å². The van der Waals surface area contributed by atoms with Crippen LogP contribution < -0.4 is 21.3 Å². The Hall–Kier alpha value is -3.57. The van der Waals surface area contributed by atoms with E-state index in [0.29, 0.717) is 24.0 Å². The Bertz CT molecular complexity index is 1030. The van der Waals surface area contributed by atoms with Crippen LogP contribution in [0.4, 0.5) is 9.59 Å². The van der Waals surface area contributed by atoms with Gasteiger partial charge in [0.1, 0.15) is 0 Å². The van der Waals surface area contributed by atoms with Crippen LogP contribution in [0.1, 0.15) is 40.7 Å². The minimum Gasteiger partial charge on any atom is -0.277 e. The molecule has 2 aliphatic rings. The molecule has 2 heterocycles. The first kappa shape index (κ1) is 27.7. The maximum atomic E-state index is 12.0. The number of carbonyl (C=O) groups excluding carboxylic acids is 6. The standard InChI is InChI=1S/2C12H12N2O3.Mg.2H2/c2*1-2-12(8-6-4-3-5-7-8)9(15)13-11(17)14-10(12)16;;;/h2*3-7H,2H2,1H3,(H2,13,14,15,16,17);;2*1H. The lowest BCUT2D eigenvalue weighted by Crippen LogP contribution is -2.64. The van der Waals surface area contributed by atoms with Crippen LogP contribution >= 0.6 is 0 Å². The zero-order valence-corrected chi connectivity index (χ0v) is 20.8. The first-order valence-electron chi connectivity index (χ1n) is 10.7. The molecule has 0 unspecified atom stereocenters. The molecule has 2 aromatic rings. The van der Waals surface area contributed by atoms with Gasteiger partial charge in [-0.1, -0.05) is 74.5 Å². The molecular formula is C24H28MgN4O6. The second-order valence-electron chi connectivity index (χ2n) is 7.72. The summed E-state index contributed by atoms with van der Waals surface area (Å²) in [5.41, 5.74) is -1.44. The topological polar surface area (TPSA) is 151 Å². The highest BCUT2D eigenvalue weighted by atomic mass is 24.3. The number of amides is 8. The minimum atomic E-state index is -1.31. The van der Waals surface area contributed by atoms with Crippen LogP contribution in [0.5, 0.6) is 0 Å². The van der Waals surface area contributed by atoms with Crippen LogP contribution in [-0.2, 0) is 30.0 Å². The number of hydrogen-bond acceptors (Lipinski definition) is 6. The fourth-order valence-corrected chi connectivity index (χ4v) is 4.13. The summed E-state index contributed by atoms with van der Waals surface area (Å²) in [6.07, 6.45) is 0.587. The summed E-state index contributed by atoms with van der Waals surface area (Å²) in [6.45, 7) is 3.48. The normalized spacial score (nSPS) is 18.0. The summed E-state index contributed by atoms with van der Waals surface area (Å²) in [7, 11) is 0. The second kappa shape index (κ2) is 11.2. The summed E-state index contributed by atoms with van der Waals surface area (Å²) in [5, 5.41) is 8.56. The van der Waals surface area contributed by atoms with Crippen molar-refractivity contribution in [2.45, 2.75) is 37.5 Å². The molecule has 182 valence electrons. The first-order chi connectivity index (χ1) is 16.2. The highest BCUT2D eigenvalue weighted by molar-refractivity contribution is 6.23. The summed E-state index contributed by atoms with van der Waals surface area (Å²) in [5.74, 6) is -2.28. The predicted octanol–water partition coefficient (Wildman–Crippen LogP) is 1.51. The van der Waals surface area contributed by atoms with Gasteiger partial charge in [-0.3, -0.25) is 40.4 Å². The summed E-state index contributed by atoms with van der Waals surface area (Å²) >= 11 is 0. The first-order valence-corrected chi connectivity index (χ1v) is 10.7. The van der Waals surface area contributed by atoms with E-state index in [0.717, 1.165) is 0 Å². The molecule has 2 aromatic carbocycles. The molecule has 0 spiro atoms. The zero-order valence-electron chi connectivity index (χ0n) is 19.3. The minimum absolute atomic E-state index is 0. The van der Waals surface area contributed by atoms with Gasteiger partial charge in [-0.15, -0.1) is 0 Å². The van der Waals surface area contributed by atoms with E-state index in [9.17, 15) is 28.8 Å². The molecule has 4 N–H and O–H groups in total. The van der Waals surface area contributed by atoms with E-state index in [1.54, 1.807) is 74.5 Å². The van der Waals surface area contributed by atoms with Gasteiger partial charge in [-0.2, -0.15) is 0 Å². The van der Waals surface area contributed by atoms with Crippen molar-refractivity contribution in [2.24, 2.45) is 0 Å². The summed E-state index contributed by atoms with van der Waals surface area (Å²) in [4.78, 5) is 70.0. The molecule has 2 saturated heterocycles. The van der Waals surface area contributed by atoms with Crippen molar-refractivity contribution in [3.8, 4) is 0 Å². The Kier molecular flexibility index (Phi) is 8.88. The fraction of sp³-hybridized carbons (Fsp3) is 0.250. The van der Waals surface area contributed by atoms with Gasteiger partial charge >= 0.3 is 12.1 Å². The second-order valence-corrected chi connectivity index (χ2v) is 7.72. The highest BCUT2D eigenvalue weighted by Crippen LogP contribution is 2.31. The number of benzene rings is 2. The van der Waals surface area contributed by atoms with Crippen LogP contribution in [0.3, 0.4) is 0 Å². The average Bonchev–Trinajstić information content (AvgIpc) is 2.81. The van der Waals surface area contributed by atoms with Crippen LogP contribution in [0.25, 0.3) is 0 Å². The van der Waals surface area contributed by atoms with E-state index in [1.807, 2.05) is 0 Å². The maximum Gasteiger partial charge on any atom is 0.328 e. The van der Waals surface area contributed by atoms with Gasteiger partial charge in [0.05, 0.1) is 0 Å². The molecule has 2 aliphatic heterocycles. The molecule has 0 aliphatic carbocycles. The van der Waals surface area contributed by atoms with E-state index in [4.69, 9.17) is 0 Å². The molecule has 2 radical (unpaired) electrons. The van der Waals surface area contributed by atoms with E-state index in [1.165, 1.54) is 0 Å². The molecule has 8 amide bonds. The molecular weight excluding hydrogens is 465 g/mol. The third-order valence-corrected chi connectivity index (χ3v) is 6.05. The third kappa shape index (κ3) is 4.96. The van der Waals surface area contributed by atoms with Gasteiger partial charge in [0.25, 0.3) is 0 Å². The van der Waals surface area contributed by atoms with Gasteiger partial charge < -0.3 is 0 Å². The Morgan fingerprint density at radius 2 is 0.800 bits per heavy atom. The maximum absolute atomic E-state index is 12.0. The van der Waals surface area contributed by atoms with Crippen molar-refractivity contribution in [3.05, 3.63) is 71.8 Å². The number of imide groups is 4. The fourth-order valence-electron chi connectivity index (χ4n) is 4.13. The Morgan fingerprint density at radius 1 is 0.543 bits per heavy atom. The smallest absolute Gasteiger partial charge is 0.277 e. The van der Waals surface area contributed by atoms with Gasteiger partial charge in [0.2, 0.25) is 23.6 Å². The molecule has 0 saturated carbocycles. The molecule has 0 aromatic heterocycles. The highest BCUT2D eigenvalue weighted by Gasteiger charge is 2.51. The van der Waals surface area contributed by atoms with Crippen molar-refractivity contribution in [3.63, 3.8) is 0 Å². The molecule has 10 nitrogen and oxygen atoms in total. The Balaban J connectivity index is 0.000000648.